The Kier molecular flexibility index (Phi) is 6.29. The van der Waals surface area contributed by atoms with Gasteiger partial charge in [-0.3, -0.25) is 4.79 Å². The molecule has 0 aliphatic rings. The molecular weight excluding hydrogens is 438 g/mol. The predicted octanol–water partition coefficient (Wildman–Crippen LogP) is 4.51. The lowest BCUT2D eigenvalue weighted by Crippen LogP contribution is -2.15. The van der Waals surface area contributed by atoms with Gasteiger partial charge < -0.3 is 9.88 Å². The number of pyridine rings is 1. The van der Waals surface area contributed by atoms with Gasteiger partial charge in [0.25, 0.3) is 0 Å². The molecule has 1 amide bonds. The smallest absolute Gasteiger partial charge is 0.236 e. The Balaban J connectivity index is 1.68. The topological polar surface area (TPSA) is 72.7 Å². The molecule has 6 nitrogen and oxygen atoms in total. The van der Waals surface area contributed by atoms with E-state index in [1.165, 1.54) is 11.8 Å². The summed E-state index contributed by atoms with van der Waals surface area (Å²) in [7, 11) is 0. The average Bonchev–Trinajstić information content (AvgIpc) is 3.05. The maximum absolute atomic E-state index is 12.1. The fourth-order valence-electron chi connectivity index (χ4n) is 2.28. The Labute approximate surface area is 168 Å². The molecule has 1 aromatic carbocycles. The van der Waals surface area contributed by atoms with Crippen LogP contribution in [0.1, 0.15) is 6.92 Å². The van der Waals surface area contributed by atoms with Crippen molar-refractivity contribution in [1.82, 2.24) is 19.7 Å². The zero-order valence-electron chi connectivity index (χ0n) is 13.8. The number of aromatic nitrogens is 4. The van der Waals surface area contributed by atoms with Gasteiger partial charge in [0.15, 0.2) is 11.0 Å². The molecule has 0 saturated heterocycles. The second-order valence-corrected chi connectivity index (χ2v) is 7.55. The number of carbonyl (C=O) groups is 1. The van der Waals surface area contributed by atoms with E-state index in [2.05, 4.69) is 36.4 Å². The molecule has 0 unspecified atom stereocenters. The van der Waals surface area contributed by atoms with Gasteiger partial charge in [-0.25, -0.2) is 4.98 Å². The van der Waals surface area contributed by atoms with Crippen LogP contribution < -0.4 is 5.32 Å². The zero-order valence-corrected chi connectivity index (χ0v) is 17.0. The minimum absolute atomic E-state index is 0.153. The van der Waals surface area contributed by atoms with Crippen molar-refractivity contribution in [2.24, 2.45) is 0 Å². The number of nitrogens with one attached hydrogen (secondary N) is 1. The van der Waals surface area contributed by atoms with Crippen LogP contribution in [-0.2, 0) is 11.3 Å². The van der Waals surface area contributed by atoms with E-state index in [0.717, 1.165) is 15.9 Å². The first-order chi connectivity index (χ1) is 12.6. The number of halogens is 2. The third-order valence-electron chi connectivity index (χ3n) is 3.44. The lowest BCUT2D eigenvalue weighted by atomic mass is 10.2. The summed E-state index contributed by atoms with van der Waals surface area (Å²) in [5.74, 6) is 1.30. The maximum Gasteiger partial charge on any atom is 0.236 e. The highest BCUT2D eigenvalue weighted by molar-refractivity contribution is 9.10. The molecule has 0 saturated carbocycles. The third kappa shape index (κ3) is 4.63. The minimum atomic E-state index is -0.153. The van der Waals surface area contributed by atoms with Gasteiger partial charge in [-0.15, -0.1) is 10.2 Å². The molecule has 1 N–H and O–H groups in total. The van der Waals surface area contributed by atoms with Crippen molar-refractivity contribution in [3.63, 3.8) is 0 Å². The van der Waals surface area contributed by atoms with E-state index in [-0.39, 0.29) is 11.7 Å². The van der Waals surface area contributed by atoms with Crippen molar-refractivity contribution in [2.75, 3.05) is 11.1 Å². The molecule has 3 rings (SSSR count). The molecule has 3 aromatic rings. The zero-order chi connectivity index (χ0) is 18.5. The van der Waals surface area contributed by atoms with E-state index < -0.39 is 0 Å². The quantitative estimate of drug-likeness (QED) is 0.557. The highest BCUT2D eigenvalue weighted by Crippen LogP contribution is 2.25. The van der Waals surface area contributed by atoms with Crippen LogP contribution >= 0.6 is 39.3 Å². The molecule has 0 radical (unpaired) electrons. The fourth-order valence-corrected chi connectivity index (χ4v) is 3.51. The Bertz CT molecular complexity index is 916. The van der Waals surface area contributed by atoms with Crippen LogP contribution in [-0.4, -0.2) is 31.4 Å². The van der Waals surface area contributed by atoms with E-state index in [1.54, 1.807) is 12.3 Å². The lowest BCUT2D eigenvalue weighted by Gasteiger charge is -2.08. The summed E-state index contributed by atoms with van der Waals surface area (Å²) in [5, 5.41) is 12.5. The molecule has 0 bridgehead atoms. The molecule has 0 atom stereocenters. The number of hydrogen-bond acceptors (Lipinski definition) is 5. The van der Waals surface area contributed by atoms with E-state index in [9.17, 15) is 4.79 Å². The number of hydrogen-bond donors (Lipinski definition) is 1. The van der Waals surface area contributed by atoms with Crippen LogP contribution in [0, 0.1) is 0 Å². The maximum atomic E-state index is 12.1. The van der Waals surface area contributed by atoms with Gasteiger partial charge in [-0.2, -0.15) is 0 Å². The Morgan fingerprint density at radius 3 is 2.85 bits per heavy atom. The normalized spacial score (nSPS) is 10.7. The molecule has 0 aliphatic heterocycles. The Morgan fingerprint density at radius 2 is 2.15 bits per heavy atom. The summed E-state index contributed by atoms with van der Waals surface area (Å²) in [6, 6.07) is 11.0. The van der Waals surface area contributed by atoms with Gasteiger partial charge in [-0.1, -0.05) is 35.5 Å². The Morgan fingerprint density at radius 1 is 1.31 bits per heavy atom. The van der Waals surface area contributed by atoms with E-state index in [0.29, 0.717) is 22.5 Å². The summed E-state index contributed by atoms with van der Waals surface area (Å²) in [4.78, 5) is 16.3. The van der Waals surface area contributed by atoms with Crippen molar-refractivity contribution in [3.05, 3.63) is 52.1 Å². The predicted molar refractivity (Wildman–Crippen MR) is 107 cm³/mol. The first-order valence-electron chi connectivity index (χ1n) is 7.80. The molecule has 2 aromatic heterocycles. The van der Waals surface area contributed by atoms with Crippen LogP contribution in [0.15, 0.2) is 52.2 Å². The van der Waals surface area contributed by atoms with Crippen LogP contribution in [0.2, 0.25) is 5.02 Å². The Hall–Kier alpha value is -1.90. The summed E-state index contributed by atoms with van der Waals surface area (Å²) in [6.07, 6.45) is 1.63. The van der Waals surface area contributed by atoms with Gasteiger partial charge in [0, 0.05) is 27.8 Å². The standard InChI is InChI=1S/C17H15BrClN5OS/c1-2-24-16(11-4-3-5-13(19)8-11)22-23-17(24)26-10-15(25)21-14-7-6-12(18)9-20-14/h3-9H,2,10H2,1H3,(H,20,21,25). The average molecular weight is 453 g/mol. The highest BCUT2D eigenvalue weighted by atomic mass is 79.9. The van der Waals surface area contributed by atoms with E-state index in [4.69, 9.17) is 11.6 Å². The largest absolute Gasteiger partial charge is 0.310 e. The lowest BCUT2D eigenvalue weighted by molar-refractivity contribution is -0.113. The van der Waals surface area contributed by atoms with Gasteiger partial charge in [-0.05, 0) is 47.1 Å². The second-order valence-electron chi connectivity index (χ2n) is 5.26. The molecule has 0 aliphatic carbocycles. The number of benzene rings is 1. The summed E-state index contributed by atoms with van der Waals surface area (Å²) in [6.45, 7) is 2.69. The molecule has 9 heteroatoms. The first kappa shape index (κ1) is 18.9. The van der Waals surface area contributed by atoms with Crippen molar-refractivity contribution in [2.45, 2.75) is 18.6 Å². The first-order valence-corrected chi connectivity index (χ1v) is 9.96. The van der Waals surface area contributed by atoms with Crippen LogP contribution in [0.25, 0.3) is 11.4 Å². The summed E-state index contributed by atoms with van der Waals surface area (Å²) >= 11 is 10.7. The summed E-state index contributed by atoms with van der Waals surface area (Å²) < 4.78 is 2.82. The number of rotatable bonds is 6. The van der Waals surface area contributed by atoms with Crippen LogP contribution in [0.4, 0.5) is 5.82 Å². The van der Waals surface area contributed by atoms with Gasteiger partial charge in [0.05, 0.1) is 5.75 Å². The van der Waals surface area contributed by atoms with Crippen molar-refractivity contribution in [1.29, 1.82) is 0 Å². The molecule has 26 heavy (non-hydrogen) atoms. The van der Waals surface area contributed by atoms with Crippen molar-refractivity contribution >= 4 is 51.0 Å². The molecular formula is C17H15BrClN5OS. The SMILES string of the molecule is CCn1c(SCC(=O)Nc2ccc(Br)cn2)nnc1-c1cccc(Cl)c1. The number of nitrogens with zero attached hydrogens (tertiary/aromatic N) is 4. The summed E-state index contributed by atoms with van der Waals surface area (Å²) in [5.41, 5.74) is 0.891. The number of thioether (sulfide) groups is 1. The monoisotopic (exact) mass is 451 g/mol. The van der Waals surface area contributed by atoms with Crippen LogP contribution in [0.5, 0.6) is 0 Å². The fraction of sp³-hybridized carbons (Fsp3) is 0.176. The van der Waals surface area contributed by atoms with E-state index in [1.807, 2.05) is 41.8 Å². The van der Waals surface area contributed by atoms with Crippen LogP contribution in [0.3, 0.4) is 0 Å². The molecule has 0 spiro atoms. The van der Waals surface area contributed by atoms with Crippen molar-refractivity contribution in [3.8, 4) is 11.4 Å². The third-order valence-corrected chi connectivity index (χ3v) is 5.11. The number of amides is 1. The minimum Gasteiger partial charge on any atom is -0.310 e. The van der Waals surface area contributed by atoms with Crippen molar-refractivity contribution < 1.29 is 4.79 Å². The van der Waals surface area contributed by atoms with Gasteiger partial charge in [0.2, 0.25) is 5.91 Å². The molecule has 0 fully saturated rings. The highest BCUT2D eigenvalue weighted by Gasteiger charge is 2.15. The number of carbonyl (C=O) groups excluding carboxylic acids is 1. The molecule has 134 valence electrons. The van der Waals surface area contributed by atoms with E-state index >= 15 is 0 Å². The molecule has 2 heterocycles. The number of anilines is 1. The van der Waals surface area contributed by atoms with Gasteiger partial charge >= 0.3 is 0 Å². The van der Waals surface area contributed by atoms with Gasteiger partial charge in [0.1, 0.15) is 5.82 Å². The second kappa shape index (κ2) is 8.66.